The zero-order chi connectivity index (χ0) is 28.9. The van der Waals surface area contributed by atoms with Crippen LogP contribution in [0, 0.1) is 0 Å². The van der Waals surface area contributed by atoms with Crippen LogP contribution in [0.1, 0.15) is 40.2 Å². The Morgan fingerprint density at radius 2 is 1.77 bits per heavy atom. The molecule has 1 aromatic heterocycles. The SMILES string of the molecule is O=C1CC(c2ccc(C[C@H](NS(=O)(=O)c3cc(C(F)(F)F)ccc3Cl)c3nc4ccccc4[nH]3)cc2)S(=O)(=O)N1. The van der Waals surface area contributed by atoms with E-state index in [1.807, 2.05) is 4.72 Å². The third-order valence-corrected chi connectivity index (χ3v) is 10.0. The Balaban J connectivity index is 1.49. The van der Waals surface area contributed by atoms with E-state index in [1.165, 1.54) is 12.1 Å². The quantitative estimate of drug-likeness (QED) is 0.283. The normalized spacial score (nSPS) is 18.1. The lowest BCUT2D eigenvalue weighted by molar-refractivity contribution is -0.137. The Kier molecular flexibility index (Phi) is 7.15. The second-order valence-electron chi connectivity index (χ2n) is 9.16. The number of sulfonamides is 2. The average molecular weight is 613 g/mol. The van der Waals surface area contributed by atoms with Crippen LogP contribution in [0.3, 0.4) is 0 Å². The molecule has 210 valence electrons. The highest BCUT2D eigenvalue weighted by atomic mass is 35.5. The molecule has 9 nitrogen and oxygen atoms in total. The number of benzene rings is 3. The summed E-state index contributed by atoms with van der Waals surface area (Å²) in [5.41, 5.74) is 0.902. The summed E-state index contributed by atoms with van der Waals surface area (Å²) in [6.07, 6.45) is -5.02. The van der Waals surface area contributed by atoms with Crippen LogP contribution in [0.25, 0.3) is 11.0 Å². The Labute approximate surface area is 231 Å². The fourth-order valence-corrected chi connectivity index (χ4v) is 7.57. The molecule has 15 heteroatoms. The summed E-state index contributed by atoms with van der Waals surface area (Å²) in [7, 11) is -8.44. The van der Waals surface area contributed by atoms with Crippen molar-refractivity contribution in [2.24, 2.45) is 0 Å². The summed E-state index contributed by atoms with van der Waals surface area (Å²) < 4.78 is 95.4. The van der Waals surface area contributed by atoms with E-state index in [9.17, 15) is 34.8 Å². The fraction of sp³-hybridized carbons (Fsp3) is 0.200. The molecule has 0 spiro atoms. The van der Waals surface area contributed by atoms with E-state index < -0.39 is 58.9 Å². The number of para-hydroxylation sites is 2. The maximum Gasteiger partial charge on any atom is 0.416 e. The van der Waals surface area contributed by atoms with Gasteiger partial charge >= 0.3 is 6.18 Å². The molecule has 2 heterocycles. The van der Waals surface area contributed by atoms with Gasteiger partial charge in [0.25, 0.3) is 0 Å². The summed E-state index contributed by atoms with van der Waals surface area (Å²) in [5, 5.41) is -1.45. The summed E-state index contributed by atoms with van der Waals surface area (Å²) in [4.78, 5) is 18.3. The summed E-state index contributed by atoms with van der Waals surface area (Å²) in [5.74, 6) is -0.410. The zero-order valence-corrected chi connectivity index (χ0v) is 22.6. The molecular weight excluding hydrogens is 593 g/mol. The predicted molar refractivity (Wildman–Crippen MR) is 140 cm³/mol. The van der Waals surface area contributed by atoms with Gasteiger partial charge in [0, 0.05) is 0 Å². The molecule has 1 aliphatic heterocycles. The summed E-state index contributed by atoms with van der Waals surface area (Å²) in [6.45, 7) is 0. The molecule has 1 aliphatic rings. The minimum atomic E-state index is -4.79. The van der Waals surface area contributed by atoms with Crippen molar-refractivity contribution in [1.29, 1.82) is 0 Å². The number of hydrogen-bond acceptors (Lipinski definition) is 6. The molecule has 40 heavy (non-hydrogen) atoms. The number of aromatic amines is 1. The number of halogens is 4. The number of hydrogen-bond donors (Lipinski definition) is 3. The summed E-state index contributed by atoms with van der Waals surface area (Å²) >= 11 is 6.01. The minimum Gasteiger partial charge on any atom is -0.341 e. The van der Waals surface area contributed by atoms with Gasteiger partial charge in [-0.2, -0.15) is 13.2 Å². The number of carbonyl (C=O) groups is 1. The van der Waals surface area contributed by atoms with Gasteiger partial charge in [-0.25, -0.2) is 26.5 Å². The first-order valence-corrected chi connectivity index (χ1v) is 15.1. The van der Waals surface area contributed by atoms with E-state index in [1.54, 1.807) is 36.4 Å². The van der Waals surface area contributed by atoms with Crippen LogP contribution in [0.5, 0.6) is 0 Å². The number of nitrogens with one attached hydrogen (secondary N) is 3. The lowest BCUT2D eigenvalue weighted by Gasteiger charge is -2.19. The number of imidazole rings is 1. The Hall–Kier alpha value is -3.46. The molecule has 0 bridgehead atoms. The Bertz CT molecular complexity index is 1790. The van der Waals surface area contributed by atoms with Crippen molar-refractivity contribution in [2.75, 3.05) is 0 Å². The van der Waals surface area contributed by atoms with Crippen molar-refractivity contribution in [3.63, 3.8) is 0 Å². The average Bonchev–Trinajstić information content (AvgIpc) is 3.42. The number of H-pyrrole nitrogens is 1. The third-order valence-electron chi connectivity index (χ3n) is 6.38. The van der Waals surface area contributed by atoms with Crippen LogP contribution >= 0.6 is 11.6 Å². The van der Waals surface area contributed by atoms with Gasteiger partial charge in [-0.1, -0.05) is 48.0 Å². The van der Waals surface area contributed by atoms with Gasteiger partial charge in [0.15, 0.2) is 0 Å². The molecule has 0 saturated carbocycles. The topological polar surface area (TPSA) is 138 Å². The highest BCUT2D eigenvalue weighted by Gasteiger charge is 2.38. The third kappa shape index (κ3) is 5.70. The Morgan fingerprint density at radius 3 is 2.40 bits per heavy atom. The monoisotopic (exact) mass is 612 g/mol. The van der Waals surface area contributed by atoms with Gasteiger partial charge in [0.2, 0.25) is 26.0 Å². The largest absolute Gasteiger partial charge is 0.416 e. The molecule has 2 atom stereocenters. The van der Waals surface area contributed by atoms with Crippen molar-refractivity contribution in [3.05, 3.63) is 94.3 Å². The van der Waals surface area contributed by atoms with Crippen LogP contribution in [-0.4, -0.2) is 32.7 Å². The zero-order valence-electron chi connectivity index (χ0n) is 20.2. The smallest absolute Gasteiger partial charge is 0.341 e. The minimum absolute atomic E-state index is 0.00941. The van der Waals surface area contributed by atoms with Gasteiger partial charge in [-0.15, -0.1) is 0 Å². The molecule has 1 amide bonds. The molecule has 1 fully saturated rings. The number of fused-ring (bicyclic) bond motifs is 1. The second kappa shape index (κ2) is 10.2. The first-order valence-electron chi connectivity index (χ1n) is 11.7. The van der Waals surface area contributed by atoms with Crippen molar-refractivity contribution >= 4 is 48.6 Å². The van der Waals surface area contributed by atoms with Gasteiger partial charge in [-0.3, -0.25) is 9.52 Å². The standard InChI is InChI=1S/C25H20ClF3N4O5S2/c26-17-10-9-16(25(27,28)29)12-22(17)40(37,38)32-20(24-30-18-3-1-2-4-19(18)31-24)11-14-5-7-15(8-6-14)21-13-23(34)33-39(21,35)36/h1-10,12,20-21,32H,11,13H2,(H,30,31)(H,33,34)/t20-,21?/m0/s1. The molecular formula is C25H20ClF3N4O5S2. The first-order chi connectivity index (χ1) is 18.7. The lowest BCUT2D eigenvalue weighted by Crippen LogP contribution is -2.31. The number of nitrogens with zero attached hydrogens (tertiary/aromatic N) is 1. The van der Waals surface area contributed by atoms with Crippen molar-refractivity contribution in [2.45, 2.75) is 35.2 Å². The van der Waals surface area contributed by atoms with E-state index in [0.717, 1.165) is 6.07 Å². The maximum atomic E-state index is 13.3. The maximum absolute atomic E-state index is 13.3. The van der Waals surface area contributed by atoms with E-state index >= 15 is 0 Å². The van der Waals surface area contributed by atoms with Crippen LogP contribution in [-0.2, 0) is 37.4 Å². The number of alkyl halides is 3. The molecule has 1 unspecified atom stereocenters. The van der Waals surface area contributed by atoms with Crippen LogP contribution in [0.2, 0.25) is 5.02 Å². The van der Waals surface area contributed by atoms with Crippen LogP contribution < -0.4 is 9.44 Å². The van der Waals surface area contributed by atoms with Crippen molar-refractivity contribution < 1.29 is 34.8 Å². The molecule has 1 saturated heterocycles. The van der Waals surface area contributed by atoms with Crippen LogP contribution in [0.4, 0.5) is 13.2 Å². The van der Waals surface area contributed by atoms with E-state index in [0.29, 0.717) is 34.3 Å². The molecule has 3 aromatic carbocycles. The first kappa shape index (κ1) is 28.1. The molecule has 3 N–H and O–H groups in total. The van der Waals surface area contributed by atoms with Gasteiger partial charge in [0.1, 0.15) is 16.0 Å². The molecule has 4 aromatic rings. The van der Waals surface area contributed by atoms with Crippen LogP contribution in [0.15, 0.2) is 71.6 Å². The van der Waals surface area contributed by atoms with Gasteiger partial charge in [0.05, 0.1) is 34.1 Å². The second-order valence-corrected chi connectivity index (χ2v) is 13.1. The highest BCUT2D eigenvalue weighted by molar-refractivity contribution is 7.90. The number of rotatable bonds is 7. The molecule has 5 rings (SSSR count). The predicted octanol–water partition coefficient (Wildman–Crippen LogP) is 4.39. The highest BCUT2D eigenvalue weighted by Crippen LogP contribution is 2.34. The Morgan fingerprint density at radius 1 is 1.07 bits per heavy atom. The number of aromatic nitrogens is 2. The number of carbonyl (C=O) groups excluding carboxylic acids is 1. The summed E-state index contributed by atoms with van der Waals surface area (Å²) in [6, 6.07) is 14.1. The van der Waals surface area contributed by atoms with Crippen molar-refractivity contribution in [3.8, 4) is 0 Å². The van der Waals surface area contributed by atoms with E-state index in [-0.39, 0.29) is 18.7 Å². The molecule has 0 radical (unpaired) electrons. The van der Waals surface area contributed by atoms with Gasteiger partial charge < -0.3 is 4.98 Å². The fourth-order valence-electron chi connectivity index (χ4n) is 4.42. The lowest BCUT2D eigenvalue weighted by atomic mass is 10.0. The molecule has 0 aliphatic carbocycles. The van der Waals surface area contributed by atoms with Crippen molar-refractivity contribution in [1.82, 2.24) is 19.4 Å². The van der Waals surface area contributed by atoms with E-state index in [2.05, 4.69) is 14.7 Å². The van der Waals surface area contributed by atoms with E-state index in [4.69, 9.17) is 11.6 Å². The number of amides is 1. The van der Waals surface area contributed by atoms with Gasteiger partial charge in [-0.05, 0) is 47.9 Å².